The van der Waals surface area contributed by atoms with Gasteiger partial charge < -0.3 is 15.1 Å². The molecule has 0 radical (unpaired) electrons. The summed E-state index contributed by atoms with van der Waals surface area (Å²) < 4.78 is 0. The van der Waals surface area contributed by atoms with Crippen LogP contribution in [-0.4, -0.2) is 30.6 Å². The largest absolute Gasteiger partial charge is 0.352 e. The fourth-order valence-electron chi connectivity index (χ4n) is 2.37. The molecule has 0 atom stereocenters. The van der Waals surface area contributed by atoms with E-state index in [9.17, 15) is 0 Å². The molecule has 1 aromatic carbocycles. The fraction of sp³-hybridized carbons (Fsp3) is 0.250. The summed E-state index contributed by atoms with van der Waals surface area (Å²) in [5.74, 6) is 1.57. The Morgan fingerprint density at radius 1 is 1.24 bits per heavy atom. The lowest BCUT2D eigenvalue weighted by molar-refractivity contribution is 0.857. The minimum Gasteiger partial charge on any atom is -0.352 e. The maximum absolute atomic E-state index is 4.62. The summed E-state index contributed by atoms with van der Waals surface area (Å²) in [4.78, 5) is 13.1. The number of rotatable bonds is 3. The summed E-state index contributed by atoms with van der Waals surface area (Å²) in [7, 11) is 4.01. The highest BCUT2D eigenvalue weighted by Crippen LogP contribution is 2.32. The first-order valence-electron chi connectivity index (χ1n) is 6.92. The molecule has 3 rings (SSSR count). The molecule has 2 heterocycles. The van der Waals surface area contributed by atoms with Crippen LogP contribution in [0.3, 0.4) is 0 Å². The highest BCUT2D eigenvalue weighted by atomic mass is 15.3. The van der Waals surface area contributed by atoms with E-state index in [2.05, 4.69) is 38.9 Å². The van der Waals surface area contributed by atoms with Crippen LogP contribution in [0.25, 0.3) is 0 Å². The van der Waals surface area contributed by atoms with E-state index in [0.29, 0.717) is 12.5 Å². The Balaban J connectivity index is 1.80. The standard InChI is InChI=1S/C16H19N5/c1-12-11-20(2)15-14(21(12)3)10-18-16(19-15)17-9-13-7-5-4-6-8-13/h4-8,10H,1,9,11H2,2-3H3,(H,17,18,19). The molecule has 5 nitrogen and oxygen atoms in total. The van der Waals surface area contributed by atoms with E-state index < -0.39 is 0 Å². The zero-order chi connectivity index (χ0) is 14.8. The predicted molar refractivity (Wildman–Crippen MR) is 86.6 cm³/mol. The van der Waals surface area contributed by atoms with Crippen molar-refractivity contribution in [3.05, 3.63) is 54.4 Å². The van der Waals surface area contributed by atoms with Gasteiger partial charge in [0, 0.05) is 26.3 Å². The number of hydrogen-bond acceptors (Lipinski definition) is 5. The lowest BCUT2D eigenvalue weighted by Crippen LogP contribution is -2.35. The van der Waals surface area contributed by atoms with E-state index in [1.165, 1.54) is 5.56 Å². The van der Waals surface area contributed by atoms with Crippen LogP contribution in [0.5, 0.6) is 0 Å². The van der Waals surface area contributed by atoms with Gasteiger partial charge in [0.05, 0.1) is 12.7 Å². The van der Waals surface area contributed by atoms with Crippen LogP contribution in [0.2, 0.25) is 0 Å². The van der Waals surface area contributed by atoms with Gasteiger partial charge in [-0.15, -0.1) is 0 Å². The number of hydrogen-bond donors (Lipinski definition) is 1. The van der Waals surface area contributed by atoms with Crippen molar-refractivity contribution >= 4 is 17.5 Å². The molecule has 1 aliphatic heterocycles. The number of fused-ring (bicyclic) bond motifs is 1. The summed E-state index contributed by atoms with van der Waals surface area (Å²) in [5, 5.41) is 3.27. The Bertz CT molecular complexity index is 653. The van der Waals surface area contributed by atoms with E-state index in [4.69, 9.17) is 0 Å². The molecule has 0 fully saturated rings. The molecule has 0 aliphatic carbocycles. The Morgan fingerprint density at radius 2 is 2.00 bits per heavy atom. The van der Waals surface area contributed by atoms with E-state index in [0.717, 1.165) is 23.7 Å². The van der Waals surface area contributed by atoms with Crippen molar-refractivity contribution in [2.75, 3.05) is 35.8 Å². The van der Waals surface area contributed by atoms with Gasteiger partial charge in [-0.1, -0.05) is 36.9 Å². The van der Waals surface area contributed by atoms with Gasteiger partial charge in [-0.2, -0.15) is 4.98 Å². The van der Waals surface area contributed by atoms with Gasteiger partial charge in [-0.05, 0) is 5.56 Å². The van der Waals surface area contributed by atoms with Crippen molar-refractivity contribution in [2.24, 2.45) is 0 Å². The molecule has 0 bridgehead atoms. The molecular formula is C16H19N5. The van der Waals surface area contributed by atoms with Crippen molar-refractivity contribution < 1.29 is 0 Å². The van der Waals surface area contributed by atoms with Gasteiger partial charge in [0.25, 0.3) is 0 Å². The van der Waals surface area contributed by atoms with Crippen LogP contribution in [-0.2, 0) is 6.54 Å². The van der Waals surface area contributed by atoms with Crippen molar-refractivity contribution in [3.63, 3.8) is 0 Å². The fourth-order valence-corrected chi connectivity index (χ4v) is 2.37. The van der Waals surface area contributed by atoms with E-state index in [1.54, 1.807) is 0 Å². The highest BCUT2D eigenvalue weighted by molar-refractivity contribution is 5.72. The number of anilines is 3. The first kappa shape index (κ1) is 13.4. The molecule has 5 heteroatoms. The lowest BCUT2D eigenvalue weighted by Gasteiger charge is -2.34. The zero-order valence-electron chi connectivity index (χ0n) is 12.4. The quantitative estimate of drug-likeness (QED) is 0.936. The van der Waals surface area contributed by atoms with Gasteiger partial charge in [0.2, 0.25) is 5.95 Å². The van der Waals surface area contributed by atoms with E-state index in [-0.39, 0.29) is 0 Å². The molecule has 1 aromatic heterocycles. The predicted octanol–water partition coefficient (Wildman–Crippen LogP) is 2.49. The number of aromatic nitrogens is 2. The van der Waals surface area contributed by atoms with Crippen molar-refractivity contribution in [1.29, 1.82) is 0 Å². The van der Waals surface area contributed by atoms with Gasteiger partial charge in [0.1, 0.15) is 5.69 Å². The number of likely N-dealkylation sites (N-methyl/N-ethyl adjacent to an activating group) is 2. The average molecular weight is 281 g/mol. The van der Waals surface area contributed by atoms with Crippen molar-refractivity contribution in [1.82, 2.24) is 9.97 Å². The van der Waals surface area contributed by atoms with Crippen LogP contribution >= 0.6 is 0 Å². The highest BCUT2D eigenvalue weighted by Gasteiger charge is 2.22. The average Bonchev–Trinajstić information content (AvgIpc) is 2.51. The molecule has 0 saturated heterocycles. The number of benzene rings is 1. The van der Waals surface area contributed by atoms with Crippen LogP contribution in [0.15, 0.2) is 48.8 Å². The molecule has 1 N–H and O–H groups in total. The van der Waals surface area contributed by atoms with Crippen molar-refractivity contribution in [3.8, 4) is 0 Å². The Labute approximate surface area is 124 Å². The number of nitrogens with zero attached hydrogens (tertiary/aromatic N) is 4. The lowest BCUT2D eigenvalue weighted by atomic mass is 10.2. The topological polar surface area (TPSA) is 44.3 Å². The second kappa shape index (κ2) is 5.44. The normalized spacial score (nSPS) is 14.1. The van der Waals surface area contributed by atoms with Crippen LogP contribution in [0.4, 0.5) is 17.5 Å². The Hall–Kier alpha value is -2.56. The molecular weight excluding hydrogens is 262 g/mol. The molecule has 1 aliphatic rings. The third-order valence-corrected chi connectivity index (χ3v) is 3.66. The molecule has 0 amide bonds. The number of nitrogens with one attached hydrogen (secondary N) is 1. The minimum absolute atomic E-state index is 0.644. The molecule has 0 saturated carbocycles. The summed E-state index contributed by atoms with van der Waals surface area (Å²) in [6, 6.07) is 10.2. The van der Waals surface area contributed by atoms with Crippen LogP contribution in [0.1, 0.15) is 5.56 Å². The smallest absolute Gasteiger partial charge is 0.225 e. The maximum Gasteiger partial charge on any atom is 0.225 e. The zero-order valence-corrected chi connectivity index (χ0v) is 12.4. The van der Waals surface area contributed by atoms with E-state index >= 15 is 0 Å². The molecule has 2 aromatic rings. The molecule has 0 spiro atoms. The second-order valence-corrected chi connectivity index (χ2v) is 5.22. The Kier molecular flexibility index (Phi) is 3.48. The van der Waals surface area contributed by atoms with Crippen LogP contribution < -0.4 is 15.1 Å². The summed E-state index contributed by atoms with van der Waals surface area (Å²) in [6.07, 6.45) is 1.84. The second-order valence-electron chi connectivity index (χ2n) is 5.22. The Morgan fingerprint density at radius 3 is 2.76 bits per heavy atom. The van der Waals surface area contributed by atoms with Crippen molar-refractivity contribution in [2.45, 2.75) is 6.54 Å². The summed E-state index contributed by atoms with van der Waals surface area (Å²) in [5.41, 5.74) is 3.23. The monoisotopic (exact) mass is 281 g/mol. The summed E-state index contributed by atoms with van der Waals surface area (Å²) >= 11 is 0. The first-order chi connectivity index (χ1) is 10.1. The van der Waals surface area contributed by atoms with Crippen LogP contribution in [0, 0.1) is 0 Å². The van der Waals surface area contributed by atoms with Gasteiger partial charge in [-0.25, -0.2) is 4.98 Å². The SMILES string of the molecule is C=C1CN(C)c2nc(NCc3ccccc3)ncc2N1C. The summed E-state index contributed by atoms with van der Waals surface area (Å²) in [6.45, 7) is 5.55. The molecule has 108 valence electrons. The molecule has 0 unspecified atom stereocenters. The third-order valence-electron chi connectivity index (χ3n) is 3.66. The van der Waals surface area contributed by atoms with Gasteiger partial charge >= 0.3 is 0 Å². The van der Waals surface area contributed by atoms with Gasteiger partial charge in [0.15, 0.2) is 5.82 Å². The first-order valence-corrected chi connectivity index (χ1v) is 6.92. The third kappa shape index (κ3) is 2.67. The minimum atomic E-state index is 0.644. The van der Waals surface area contributed by atoms with Gasteiger partial charge in [-0.3, -0.25) is 0 Å². The van der Waals surface area contributed by atoms with E-state index in [1.807, 2.05) is 43.4 Å². The molecule has 21 heavy (non-hydrogen) atoms. The maximum atomic E-state index is 4.62.